The Balaban J connectivity index is 2.20. The number of pyridine rings is 1. The van der Waals surface area contributed by atoms with Crippen LogP contribution in [0.4, 0.5) is 0 Å². The highest BCUT2D eigenvalue weighted by molar-refractivity contribution is 5.69. The van der Waals surface area contributed by atoms with Gasteiger partial charge in [0.05, 0.1) is 19.0 Å². The molecule has 0 aliphatic heterocycles. The lowest BCUT2D eigenvalue weighted by atomic mass is 10.2. The van der Waals surface area contributed by atoms with Crippen LogP contribution in [0.15, 0.2) is 29.2 Å². The largest absolute Gasteiger partial charge is 0.469 e. The van der Waals surface area contributed by atoms with Gasteiger partial charge in [-0.05, 0) is 12.5 Å². The van der Waals surface area contributed by atoms with Gasteiger partial charge in [-0.25, -0.2) is 0 Å². The van der Waals surface area contributed by atoms with E-state index in [1.54, 1.807) is 10.7 Å². The molecule has 0 aromatic carbocycles. The summed E-state index contributed by atoms with van der Waals surface area (Å²) < 4.78 is 6.30. The van der Waals surface area contributed by atoms with Crippen LogP contribution in [0.2, 0.25) is 0 Å². The highest BCUT2D eigenvalue weighted by atomic mass is 16.5. The van der Waals surface area contributed by atoms with Gasteiger partial charge in [0.2, 0.25) is 0 Å². The second-order valence-corrected chi connectivity index (χ2v) is 3.51. The quantitative estimate of drug-likeness (QED) is 0.776. The van der Waals surface area contributed by atoms with Gasteiger partial charge >= 0.3 is 5.97 Å². The van der Waals surface area contributed by atoms with E-state index in [2.05, 4.69) is 9.84 Å². The minimum atomic E-state index is -0.242. The molecule has 84 valence electrons. The molecule has 0 atom stereocenters. The number of methoxy groups -OCH3 is 1. The third-order valence-electron chi connectivity index (χ3n) is 2.37. The number of esters is 1. The molecule has 2 aromatic rings. The summed E-state index contributed by atoms with van der Waals surface area (Å²) in [7, 11) is 1.37. The standard InChI is InChI=1S/C11H12N2O3/c1-16-11(15)3-2-8-6-9-7-10(14)4-5-13(9)12-8/h4-7,12H,2-3H2,1H3. The number of aryl methyl sites for hydroxylation is 1. The fraction of sp³-hybridized carbons (Fsp3) is 0.273. The van der Waals surface area contributed by atoms with Crippen molar-refractivity contribution in [1.29, 1.82) is 0 Å². The predicted octanol–water partition coefficient (Wildman–Crippen LogP) is 0.733. The molecule has 0 spiro atoms. The third kappa shape index (κ3) is 2.13. The fourth-order valence-electron chi connectivity index (χ4n) is 1.54. The zero-order chi connectivity index (χ0) is 11.5. The van der Waals surface area contributed by atoms with E-state index >= 15 is 0 Å². The lowest BCUT2D eigenvalue weighted by Gasteiger charge is -1.96. The molecule has 5 heteroatoms. The number of nitrogens with zero attached hydrogens (tertiary/aromatic N) is 1. The van der Waals surface area contributed by atoms with Crippen molar-refractivity contribution in [2.24, 2.45) is 0 Å². The topological polar surface area (TPSA) is 63.6 Å². The number of ether oxygens (including phenoxy) is 1. The lowest BCUT2D eigenvalue weighted by Crippen LogP contribution is -2.02. The molecule has 0 bridgehead atoms. The molecule has 0 amide bonds. The molecule has 16 heavy (non-hydrogen) atoms. The number of rotatable bonds is 3. The Labute approximate surface area is 91.6 Å². The van der Waals surface area contributed by atoms with Gasteiger partial charge < -0.3 is 4.74 Å². The maximum Gasteiger partial charge on any atom is 0.305 e. The van der Waals surface area contributed by atoms with Crippen LogP contribution in [-0.4, -0.2) is 22.7 Å². The monoisotopic (exact) mass is 220 g/mol. The molecule has 2 aromatic heterocycles. The molecule has 0 radical (unpaired) electrons. The summed E-state index contributed by atoms with van der Waals surface area (Å²) in [5.41, 5.74) is 1.67. The SMILES string of the molecule is COC(=O)CCc1cc2cc(=O)ccn2[nH]1. The van der Waals surface area contributed by atoms with Crippen LogP contribution in [0.5, 0.6) is 0 Å². The molecular weight excluding hydrogens is 208 g/mol. The van der Waals surface area contributed by atoms with Crippen molar-refractivity contribution in [2.75, 3.05) is 7.11 Å². The van der Waals surface area contributed by atoms with Crippen LogP contribution in [-0.2, 0) is 16.0 Å². The summed E-state index contributed by atoms with van der Waals surface area (Å²) in [6.07, 6.45) is 2.57. The first kappa shape index (κ1) is 10.5. The normalized spacial score (nSPS) is 10.6. The molecule has 0 unspecified atom stereocenters. The Morgan fingerprint density at radius 2 is 2.31 bits per heavy atom. The average molecular weight is 220 g/mol. The highest BCUT2D eigenvalue weighted by Crippen LogP contribution is 2.06. The summed E-state index contributed by atoms with van der Waals surface area (Å²) in [6, 6.07) is 4.87. The van der Waals surface area contributed by atoms with Gasteiger partial charge in [-0.2, -0.15) is 0 Å². The van der Waals surface area contributed by atoms with E-state index in [-0.39, 0.29) is 11.4 Å². The van der Waals surface area contributed by atoms with Gasteiger partial charge in [-0.1, -0.05) is 0 Å². The van der Waals surface area contributed by atoms with Crippen molar-refractivity contribution in [1.82, 2.24) is 9.61 Å². The molecule has 1 N–H and O–H groups in total. The van der Waals surface area contributed by atoms with E-state index in [0.29, 0.717) is 12.8 Å². The van der Waals surface area contributed by atoms with E-state index in [1.165, 1.54) is 19.2 Å². The van der Waals surface area contributed by atoms with Crippen LogP contribution in [0.1, 0.15) is 12.1 Å². The van der Waals surface area contributed by atoms with Crippen molar-refractivity contribution in [3.05, 3.63) is 40.3 Å². The number of fused-ring (bicyclic) bond motifs is 1. The number of carbonyl (C=O) groups excluding carboxylic acids is 1. The second-order valence-electron chi connectivity index (χ2n) is 3.51. The van der Waals surface area contributed by atoms with Crippen LogP contribution < -0.4 is 5.43 Å². The Bertz CT molecular complexity index is 568. The fourth-order valence-corrected chi connectivity index (χ4v) is 1.54. The Hall–Kier alpha value is -2.04. The Morgan fingerprint density at radius 1 is 1.50 bits per heavy atom. The first-order valence-corrected chi connectivity index (χ1v) is 4.96. The van der Waals surface area contributed by atoms with Crippen LogP contribution >= 0.6 is 0 Å². The average Bonchev–Trinajstić information content (AvgIpc) is 2.67. The molecule has 0 fully saturated rings. The molecule has 0 aliphatic carbocycles. The molecule has 0 saturated carbocycles. The van der Waals surface area contributed by atoms with Gasteiger partial charge in [-0.3, -0.25) is 19.2 Å². The number of carbonyl (C=O) groups is 1. The molecular formula is C11H12N2O3. The van der Waals surface area contributed by atoms with Crippen molar-refractivity contribution >= 4 is 11.5 Å². The molecule has 0 saturated heterocycles. The van der Waals surface area contributed by atoms with Gasteiger partial charge in [0.1, 0.15) is 0 Å². The van der Waals surface area contributed by atoms with Gasteiger partial charge in [0.25, 0.3) is 0 Å². The lowest BCUT2D eigenvalue weighted by molar-refractivity contribution is -0.140. The van der Waals surface area contributed by atoms with Crippen molar-refractivity contribution in [2.45, 2.75) is 12.8 Å². The van der Waals surface area contributed by atoms with Gasteiger partial charge in [0.15, 0.2) is 5.43 Å². The summed E-state index contributed by atoms with van der Waals surface area (Å²) in [6.45, 7) is 0. The molecule has 0 aliphatic rings. The van der Waals surface area contributed by atoms with E-state index < -0.39 is 0 Å². The number of H-pyrrole nitrogens is 1. The van der Waals surface area contributed by atoms with Crippen LogP contribution in [0, 0.1) is 0 Å². The molecule has 5 nitrogen and oxygen atoms in total. The number of aromatic nitrogens is 2. The zero-order valence-electron chi connectivity index (χ0n) is 8.90. The van der Waals surface area contributed by atoms with E-state index in [0.717, 1.165) is 11.2 Å². The van der Waals surface area contributed by atoms with Gasteiger partial charge in [-0.15, -0.1) is 0 Å². The minimum Gasteiger partial charge on any atom is -0.469 e. The summed E-state index contributed by atoms with van der Waals surface area (Å²) >= 11 is 0. The maximum atomic E-state index is 11.1. The first-order valence-electron chi connectivity index (χ1n) is 4.96. The van der Waals surface area contributed by atoms with E-state index in [4.69, 9.17) is 0 Å². The second kappa shape index (κ2) is 4.22. The summed E-state index contributed by atoms with van der Waals surface area (Å²) in [5, 5.41) is 3.07. The van der Waals surface area contributed by atoms with Crippen LogP contribution in [0.25, 0.3) is 5.52 Å². The smallest absolute Gasteiger partial charge is 0.305 e. The minimum absolute atomic E-state index is 0.0292. The van der Waals surface area contributed by atoms with E-state index in [9.17, 15) is 9.59 Å². The third-order valence-corrected chi connectivity index (χ3v) is 2.37. The first-order chi connectivity index (χ1) is 7.69. The predicted molar refractivity (Wildman–Crippen MR) is 58.4 cm³/mol. The zero-order valence-corrected chi connectivity index (χ0v) is 8.90. The van der Waals surface area contributed by atoms with Crippen LogP contribution in [0.3, 0.4) is 0 Å². The summed E-state index contributed by atoms with van der Waals surface area (Å²) in [5.74, 6) is -0.242. The van der Waals surface area contributed by atoms with Crippen molar-refractivity contribution < 1.29 is 9.53 Å². The summed E-state index contributed by atoms with van der Waals surface area (Å²) in [4.78, 5) is 22.1. The highest BCUT2D eigenvalue weighted by Gasteiger charge is 2.04. The number of aromatic amines is 1. The van der Waals surface area contributed by atoms with Crippen molar-refractivity contribution in [3.8, 4) is 0 Å². The molecule has 2 rings (SSSR count). The van der Waals surface area contributed by atoms with Gasteiger partial charge in [0, 0.05) is 24.0 Å². The molecule has 2 heterocycles. The Kier molecular flexibility index (Phi) is 2.76. The van der Waals surface area contributed by atoms with E-state index in [1.807, 2.05) is 6.07 Å². The number of hydrogen-bond donors (Lipinski definition) is 1. The number of hydrogen-bond acceptors (Lipinski definition) is 3. The number of nitrogens with one attached hydrogen (secondary N) is 1. The Morgan fingerprint density at radius 3 is 3.06 bits per heavy atom. The van der Waals surface area contributed by atoms with Crippen molar-refractivity contribution in [3.63, 3.8) is 0 Å². The maximum absolute atomic E-state index is 11.1.